The second-order valence-electron chi connectivity index (χ2n) is 6.59. The summed E-state index contributed by atoms with van der Waals surface area (Å²) in [6, 6.07) is 6.65. The van der Waals surface area contributed by atoms with Gasteiger partial charge in [-0.05, 0) is 61.6 Å². The van der Waals surface area contributed by atoms with E-state index in [0.29, 0.717) is 0 Å². The van der Waals surface area contributed by atoms with Crippen molar-refractivity contribution in [3.63, 3.8) is 0 Å². The van der Waals surface area contributed by atoms with Crippen LogP contribution in [0.25, 0.3) is 0 Å². The Balaban J connectivity index is 1.60. The lowest BCUT2D eigenvalue weighted by Crippen LogP contribution is -2.43. The van der Waals surface area contributed by atoms with E-state index in [0.717, 1.165) is 37.5 Å². The highest BCUT2D eigenvalue weighted by Gasteiger charge is 2.29. The summed E-state index contributed by atoms with van der Waals surface area (Å²) in [4.78, 5) is 0. The summed E-state index contributed by atoms with van der Waals surface area (Å²) in [6.07, 6.45) is 8.29. The van der Waals surface area contributed by atoms with Crippen molar-refractivity contribution < 1.29 is 4.74 Å². The molecule has 0 unspecified atom stereocenters. The maximum absolute atomic E-state index is 6.56. The average Bonchev–Trinajstić information content (AvgIpc) is 2.88. The molecule has 0 atom stereocenters. The van der Waals surface area contributed by atoms with Crippen molar-refractivity contribution in [1.82, 2.24) is 0 Å². The molecular formula is C17H25NO. The maximum Gasteiger partial charge on any atom is 0.122 e. The van der Waals surface area contributed by atoms with E-state index in [1.807, 2.05) is 0 Å². The first-order valence-corrected chi connectivity index (χ1v) is 7.68. The molecule has 2 N–H and O–H groups in total. The number of aryl methyl sites for hydroxylation is 1. The van der Waals surface area contributed by atoms with E-state index in [1.54, 1.807) is 0 Å². The van der Waals surface area contributed by atoms with Gasteiger partial charge in [0.25, 0.3) is 0 Å². The Morgan fingerprint density at radius 2 is 2.11 bits per heavy atom. The topological polar surface area (TPSA) is 35.2 Å². The summed E-state index contributed by atoms with van der Waals surface area (Å²) >= 11 is 0. The number of nitrogens with two attached hydrogens (primary N) is 1. The van der Waals surface area contributed by atoms with E-state index in [9.17, 15) is 0 Å². The Hall–Kier alpha value is -1.02. The predicted molar refractivity (Wildman–Crippen MR) is 78.5 cm³/mol. The summed E-state index contributed by atoms with van der Waals surface area (Å²) in [5, 5.41) is 0. The summed E-state index contributed by atoms with van der Waals surface area (Å²) in [7, 11) is 0. The quantitative estimate of drug-likeness (QED) is 0.902. The highest BCUT2D eigenvalue weighted by atomic mass is 16.5. The van der Waals surface area contributed by atoms with Gasteiger partial charge in [-0.3, -0.25) is 0 Å². The van der Waals surface area contributed by atoms with Crippen LogP contribution in [0.4, 0.5) is 0 Å². The second-order valence-corrected chi connectivity index (χ2v) is 6.59. The lowest BCUT2D eigenvalue weighted by Gasteiger charge is -2.36. The normalized spacial score (nSPS) is 29.9. The molecule has 104 valence electrons. The highest BCUT2D eigenvalue weighted by molar-refractivity contribution is 5.39. The first-order valence-electron chi connectivity index (χ1n) is 7.68. The van der Waals surface area contributed by atoms with E-state index >= 15 is 0 Å². The first kappa shape index (κ1) is 13.0. The van der Waals surface area contributed by atoms with Crippen LogP contribution in [0.15, 0.2) is 18.2 Å². The molecule has 0 aromatic heterocycles. The van der Waals surface area contributed by atoms with Crippen LogP contribution < -0.4 is 10.5 Å². The van der Waals surface area contributed by atoms with Crippen molar-refractivity contribution in [3.05, 3.63) is 29.3 Å². The summed E-state index contributed by atoms with van der Waals surface area (Å²) in [5.41, 5.74) is 9.44. The van der Waals surface area contributed by atoms with Crippen LogP contribution in [0.1, 0.15) is 50.2 Å². The molecule has 19 heavy (non-hydrogen) atoms. The fraction of sp³-hybridized carbons (Fsp3) is 0.647. The highest BCUT2D eigenvalue weighted by Crippen LogP contribution is 2.34. The minimum Gasteiger partial charge on any atom is -0.493 e. The molecular weight excluding hydrogens is 234 g/mol. The zero-order valence-corrected chi connectivity index (χ0v) is 12.0. The van der Waals surface area contributed by atoms with Gasteiger partial charge in [0.15, 0.2) is 0 Å². The number of ether oxygens (including phenoxy) is 1. The number of rotatable bonds is 3. The van der Waals surface area contributed by atoms with E-state index in [1.165, 1.54) is 36.8 Å². The van der Waals surface area contributed by atoms with Crippen LogP contribution in [0.2, 0.25) is 0 Å². The average molecular weight is 259 g/mol. The molecule has 3 rings (SSSR count). The maximum atomic E-state index is 6.56. The van der Waals surface area contributed by atoms with Gasteiger partial charge in [-0.25, -0.2) is 0 Å². The van der Waals surface area contributed by atoms with E-state index in [2.05, 4.69) is 25.1 Å². The molecule has 0 amide bonds. The lowest BCUT2D eigenvalue weighted by molar-refractivity contribution is 0.232. The number of fused-ring (bicyclic) bond motifs is 1. The molecule has 1 heterocycles. The van der Waals surface area contributed by atoms with Crippen LogP contribution in [0, 0.1) is 5.92 Å². The zero-order chi connectivity index (χ0) is 13.3. The largest absolute Gasteiger partial charge is 0.493 e. The summed E-state index contributed by atoms with van der Waals surface area (Å²) in [5.74, 6) is 1.95. The van der Waals surface area contributed by atoms with Gasteiger partial charge in [0.2, 0.25) is 0 Å². The zero-order valence-electron chi connectivity index (χ0n) is 12.0. The minimum absolute atomic E-state index is 0.0853. The van der Waals surface area contributed by atoms with Crippen molar-refractivity contribution in [2.24, 2.45) is 11.7 Å². The smallest absolute Gasteiger partial charge is 0.122 e. The number of hydrogen-bond acceptors (Lipinski definition) is 2. The summed E-state index contributed by atoms with van der Waals surface area (Å²) < 4.78 is 5.55. The monoisotopic (exact) mass is 259 g/mol. The van der Waals surface area contributed by atoms with Gasteiger partial charge in [0, 0.05) is 12.0 Å². The molecule has 2 heteroatoms. The first-order chi connectivity index (χ1) is 9.15. The van der Waals surface area contributed by atoms with Crippen molar-refractivity contribution in [2.45, 2.75) is 57.4 Å². The molecule has 1 fully saturated rings. The predicted octanol–water partition coefficient (Wildman–Crippen LogP) is 3.46. The standard InChI is InChI=1S/C17H25NO/c1-13-4-8-17(18,9-5-13)10-6-14-2-3-16-15(12-14)7-11-19-16/h2-3,12-13H,4-11,18H2,1H3. The van der Waals surface area contributed by atoms with Crippen molar-refractivity contribution >= 4 is 0 Å². The van der Waals surface area contributed by atoms with Crippen molar-refractivity contribution in [3.8, 4) is 5.75 Å². The molecule has 1 aromatic rings. The second kappa shape index (κ2) is 5.16. The van der Waals surface area contributed by atoms with Gasteiger partial charge in [-0.2, -0.15) is 0 Å². The minimum atomic E-state index is 0.0853. The molecule has 0 saturated heterocycles. The number of benzene rings is 1. The SMILES string of the molecule is CC1CCC(N)(CCc2ccc3c(c2)CCO3)CC1. The third kappa shape index (κ3) is 2.94. The molecule has 1 aromatic carbocycles. The van der Waals surface area contributed by atoms with Gasteiger partial charge in [0.05, 0.1) is 6.61 Å². The van der Waals surface area contributed by atoms with Crippen LogP contribution in [0.3, 0.4) is 0 Å². The van der Waals surface area contributed by atoms with Gasteiger partial charge in [-0.1, -0.05) is 19.1 Å². The summed E-state index contributed by atoms with van der Waals surface area (Å²) in [6.45, 7) is 3.19. The third-order valence-corrected chi connectivity index (χ3v) is 4.94. The lowest BCUT2D eigenvalue weighted by atomic mass is 9.75. The van der Waals surface area contributed by atoms with E-state index in [-0.39, 0.29) is 5.54 Å². The van der Waals surface area contributed by atoms with Gasteiger partial charge in [0.1, 0.15) is 5.75 Å². The molecule has 2 nitrogen and oxygen atoms in total. The van der Waals surface area contributed by atoms with Crippen LogP contribution in [0.5, 0.6) is 5.75 Å². The van der Waals surface area contributed by atoms with Crippen LogP contribution in [-0.2, 0) is 12.8 Å². The van der Waals surface area contributed by atoms with E-state index in [4.69, 9.17) is 10.5 Å². The molecule has 1 aliphatic heterocycles. The van der Waals surface area contributed by atoms with Crippen LogP contribution in [-0.4, -0.2) is 12.1 Å². The fourth-order valence-electron chi connectivity index (χ4n) is 3.38. The Morgan fingerprint density at radius 3 is 2.89 bits per heavy atom. The molecule has 1 aliphatic carbocycles. The Kier molecular flexibility index (Phi) is 3.53. The van der Waals surface area contributed by atoms with Crippen molar-refractivity contribution in [2.75, 3.05) is 6.61 Å². The van der Waals surface area contributed by atoms with Gasteiger partial charge in [-0.15, -0.1) is 0 Å². The Morgan fingerprint density at radius 1 is 1.32 bits per heavy atom. The van der Waals surface area contributed by atoms with Crippen LogP contribution >= 0.6 is 0 Å². The Bertz CT molecular complexity index is 447. The van der Waals surface area contributed by atoms with Crippen molar-refractivity contribution in [1.29, 1.82) is 0 Å². The molecule has 0 bridgehead atoms. The Labute approximate surface area is 116 Å². The van der Waals surface area contributed by atoms with Gasteiger partial charge >= 0.3 is 0 Å². The third-order valence-electron chi connectivity index (χ3n) is 4.94. The molecule has 0 radical (unpaired) electrons. The molecule has 1 saturated carbocycles. The number of hydrogen-bond donors (Lipinski definition) is 1. The fourth-order valence-corrected chi connectivity index (χ4v) is 3.38. The van der Waals surface area contributed by atoms with E-state index < -0.39 is 0 Å². The molecule has 0 spiro atoms. The molecule has 2 aliphatic rings. The van der Waals surface area contributed by atoms with Gasteiger partial charge < -0.3 is 10.5 Å².